The van der Waals surface area contributed by atoms with Crippen molar-refractivity contribution in [3.63, 3.8) is 0 Å². The minimum atomic E-state index is -1.14. The molecule has 0 saturated carbocycles. The molecule has 3 atom stereocenters. The summed E-state index contributed by atoms with van der Waals surface area (Å²) in [5, 5.41) is 9.26. The molecule has 6 nitrogen and oxygen atoms in total. The Kier molecular flexibility index (Phi) is 6.04. The molecule has 0 aliphatic carbocycles. The summed E-state index contributed by atoms with van der Waals surface area (Å²) in [4.78, 5) is 13.7. The van der Waals surface area contributed by atoms with Crippen molar-refractivity contribution in [2.45, 2.75) is 26.1 Å². The maximum atomic E-state index is 13.1. The number of benzene rings is 2. The van der Waals surface area contributed by atoms with Crippen LogP contribution in [0.1, 0.15) is 25.3 Å². The molecule has 1 heterocycles. The molecule has 1 saturated heterocycles. The van der Waals surface area contributed by atoms with Gasteiger partial charge < -0.3 is 24.2 Å². The predicted molar refractivity (Wildman–Crippen MR) is 101 cm³/mol. The lowest BCUT2D eigenvalue weighted by molar-refractivity contribution is -0.0491. The van der Waals surface area contributed by atoms with E-state index in [9.17, 15) is 14.3 Å². The van der Waals surface area contributed by atoms with Gasteiger partial charge in [0.25, 0.3) is 0 Å². The summed E-state index contributed by atoms with van der Waals surface area (Å²) in [6.45, 7) is 4.48. The van der Waals surface area contributed by atoms with Crippen molar-refractivity contribution in [3.05, 3.63) is 53.8 Å². The average Bonchev–Trinajstić information content (AvgIpc) is 3.05. The molecule has 2 aromatic carbocycles. The average molecular weight is 389 g/mol. The van der Waals surface area contributed by atoms with E-state index in [1.165, 1.54) is 19.1 Å². The van der Waals surface area contributed by atoms with Gasteiger partial charge in [-0.25, -0.2) is 9.18 Å². The first-order valence-corrected chi connectivity index (χ1v) is 9.12. The molecule has 0 bridgehead atoms. The maximum absolute atomic E-state index is 13.1. The fourth-order valence-electron chi connectivity index (χ4n) is 3.40. The number of hydrogen-bond acceptors (Lipinski definition) is 5. The van der Waals surface area contributed by atoms with Crippen LogP contribution in [0.3, 0.4) is 0 Å². The first-order valence-electron chi connectivity index (χ1n) is 9.12. The highest BCUT2D eigenvalue weighted by Crippen LogP contribution is 2.39. The van der Waals surface area contributed by atoms with Crippen LogP contribution < -0.4 is 9.47 Å². The Balaban J connectivity index is 1.80. The zero-order chi connectivity index (χ0) is 20.3. The van der Waals surface area contributed by atoms with Gasteiger partial charge in [0, 0.05) is 19.0 Å². The van der Waals surface area contributed by atoms with Crippen molar-refractivity contribution in [1.82, 2.24) is 4.90 Å². The van der Waals surface area contributed by atoms with Gasteiger partial charge in [0.15, 0.2) is 17.8 Å². The van der Waals surface area contributed by atoms with Crippen molar-refractivity contribution in [3.8, 4) is 17.2 Å². The first-order chi connectivity index (χ1) is 13.4. The Morgan fingerprint density at radius 3 is 2.54 bits per heavy atom. The highest BCUT2D eigenvalue weighted by atomic mass is 19.1. The first kappa shape index (κ1) is 19.9. The molecule has 3 rings (SSSR count). The number of carbonyl (C=O) groups is 1. The molecule has 7 heteroatoms. The van der Waals surface area contributed by atoms with E-state index in [0.29, 0.717) is 30.3 Å². The second-order valence-electron chi connectivity index (χ2n) is 6.94. The van der Waals surface area contributed by atoms with E-state index < -0.39 is 12.4 Å². The standard InChI is InChI=1S/C21H24FNO5/c1-13-11-23(21(25)27-14(2)24)12-18(13)15-4-9-19(26-3)20(10-15)28-17-7-5-16(22)6-8-17/h4-10,13-14,18,24H,11-12H2,1-3H3/t13-,14-,18+/m1/s1. The second-order valence-corrected chi connectivity index (χ2v) is 6.94. The zero-order valence-corrected chi connectivity index (χ0v) is 16.1. The van der Waals surface area contributed by atoms with Gasteiger partial charge in [-0.3, -0.25) is 0 Å². The number of amides is 1. The smallest absolute Gasteiger partial charge is 0.412 e. The van der Waals surface area contributed by atoms with Crippen molar-refractivity contribution in [1.29, 1.82) is 0 Å². The monoisotopic (exact) mass is 389 g/mol. The molecule has 1 fully saturated rings. The number of nitrogens with zero attached hydrogens (tertiary/aromatic N) is 1. The number of likely N-dealkylation sites (tertiary alicyclic amines) is 1. The van der Waals surface area contributed by atoms with Gasteiger partial charge in [0.1, 0.15) is 11.6 Å². The van der Waals surface area contributed by atoms with Crippen LogP contribution in [0.2, 0.25) is 0 Å². The van der Waals surface area contributed by atoms with Crippen LogP contribution in [0, 0.1) is 11.7 Å². The molecule has 28 heavy (non-hydrogen) atoms. The molecule has 1 aliphatic rings. The van der Waals surface area contributed by atoms with Crippen LogP contribution in [0.25, 0.3) is 0 Å². The summed E-state index contributed by atoms with van der Waals surface area (Å²) < 4.78 is 29.3. The normalized spacial score (nSPS) is 20.0. The lowest BCUT2D eigenvalue weighted by Gasteiger charge is -2.19. The minimum absolute atomic E-state index is 0.0861. The summed E-state index contributed by atoms with van der Waals surface area (Å²) in [6.07, 6.45) is -1.67. The van der Waals surface area contributed by atoms with Gasteiger partial charge in [-0.2, -0.15) is 0 Å². The van der Waals surface area contributed by atoms with E-state index in [1.807, 2.05) is 18.2 Å². The Bertz CT molecular complexity index is 824. The molecule has 150 valence electrons. The van der Waals surface area contributed by atoms with Crippen LogP contribution in [0.15, 0.2) is 42.5 Å². The quantitative estimate of drug-likeness (QED) is 0.779. The Labute approximate surface area is 163 Å². The van der Waals surface area contributed by atoms with E-state index in [4.69, 9.17) is 14.2 Å². The topological polar surface area (TPSA) is 68.2 Å². The number of aliphatic hydroxyl groups is 1. The van der Waals surface area contributed by atoms with Crippen molar-refractivity contribution >= 4 is 6.09 Å². The summed E-state index contributed by atoms with van der Waals surface area (Å²) in [5.74, 6) is 1.53. The number of ether oxygens (including phenoxy) is 3. The van der Waals surface area contributed by atoms with Crippen molar-refractivity contribution in [2.24, 2.45) is 5.92 Å². The molecule has 1 N–H and O–H groups in total. The van der Waals surface area contributed by atoms with Crippen molar-refractivity contribution < 1.29 is 28.5 Å². The van der Waals surface area contributed by atoms with Crippen LogP contribution >= 0.6 is 0 Å². The van der Waals surface area contributed by atoms with Gasteiger partial charge in [0.2, 0.25) is 0 Å². The third kappa shape index (κ3) is 4.54. The molecular formula is C21H24FNO5. The molecule has 2 aromatic rings. The Morgan fingerprint density at radius 2 is 1.89 bits per heavy atom. The summed E-state index contributed by atoms with van der Waals surface area (Å²) in [7, 11) is 1.55. The van der Waals surface area contributed by atoms with E-state index in [0.717, 1.165) is 5.56 Å². The molecule has 0 radical (unpaired) electrons. The van der Waals surface area contributed by atoms with E-state index in [1.54, 1.807) is 24.1 Å². The highest BCUT2D eigenvalue weighted by molar-refractivity contribution is 5.68. The van der Waals surface area contributed by atoms with Crippen LogP contribution in [0.4, 0.5) is 9.18 Å². The largest absolute Gasteiger partial charge is 0.493 e. The van der Waals surface area contributed by atoms with Crippen LogP contribution in [-0.4, -0.2) is 42.6 Å². The van der Waals surface area contributed by atoms with Crippen LogP contribution in [0.5, 0.6) is 17.2 Å². The molecule has 0 spiro atoms. The minimum Gasteiger partial charge on any atom is -0.493 e. The predicted octanol–water partition coefficient (Wildman–Crippen LogP) is 4.14. The Morgan fingerprint density at radius 1 is 1.18 bits per heavy atom. The lowest BCUT2D eigenvalue weighted by Crippen LogP contribution is -2.31. The summed E-state index contributed by atoms with van der Waals surface area (Å²) in [6, 6.07) is 11.4. The SMILES string of the molecule is COc1ccc([C@H]2CN(C(=O)O[C@H](C)O)C[C@H]2C)cc1Oc1ccc(F)cc1. The summed E-state index contributed by atoms with van der Waals surface area (Å²) >= 11 is 0. The Hall–Kier alpha value is -2.80. The molecule has 0 unspecified atom stereocenters. The van der Waals surface area contributed by atoms with E-state index >= 15 is 0 Å². The third-order valence-corrected chi connectivity index (χ3v) is 4.80. The molecular weight excluding hydrogens is 365 g/mol. The summed E-state index contributed by atoms with van der Waals surface area (Å²) in [5.41, 5.74) is 0.998. The van der Waals surface area contributed by atoms with E-state index in [-0.39, 0.29) is 17.7 Å². The fourth-order valence-corrected chi connectivity index (χ4v) is 3.40. The maximum Gasteiger partial charge on any atom is 0.412 e. The fraction of sp³-hybridized carbons (Fsp3) is 0.381. The number of methoxy groups -OCH3 is 1. The van der Waals surface area contributed by atoms with Gasteiger partial charge in [-0.15, -0.1) is 0 Å². The number of rotatable bonds is 5. The number of hydrogen-bond donors (Lipinski definition) is 1. The van der Waals surface area contributed by atoms with E-state index in [2.05, 4.69) is 6.92 Å². The lowest BCUT2D eigenvalue weighted by atomic mass is 9.90. The van der Waals surface area contributed by atoms with Gasteiger partial charge in [-0.1, -0.05) is 13.0 Å². The highest BCUT2D eigenvalue weighted by Gasteiger charge is 2.35. The number of carbonyl (C=O) groups excluding carboxylic acids is 1. The number of aliphatic hydroxyl groups excluding tert-OH is 1. The molecule has 0 aromatic heterocycles. The van der Waals surface area contributed by atoms with Gasteiger partial charge in [0.05, 0.1) is 7.11 Å². The molecule has 1 amide bonds. The van der Waals surface area contributed by atoms with Gasteiger partial charge in [-0.05, 0) is 54.8 Å². The van der Waals surface area contributed by atoms with Crippen molar-refractivity contribution in [2.75, 3.05) is 20.2 Å². The second kappa shape index (κ2) is 8.48. The molecule has 1 aliphatic heterocycles. The third-order valence-electron chi connectivity index (χ3n) is 4.80. The zero-order valence-electron chi connectivity index (χ0n) is 16.1. The number of halogens is 1. The van der Waals surface area contributed by atoms with Gasteiger partial charge >= 0.3 is 6.09 Å². The van der Waals surface area contributed by atoms with Crippen LogP contribution in [-0.2, 0) is 4.74 Å².